The van der Waals surface area contributed by atoms with E-state index in [0.29, 0.717) is 75.1 Å². The molecule has 4 aliphatic carbocycles. The van der Waals surface area contributed by atoms with Gasteiger partial charge in [-0.15, -0.1) is 0 Å². The molecule has 10 atom stereocenters. The molecule has 0 aromatic heterocycles. The molecule has 0 spiro atoms. The van der Waals surface area contributed by atoms with Gasteiger partial charge >= 0.3 is 23.9 Å². The summed E-state index contributed by atoms with van der Waals surface area (Å²) >= 11 is 0. The molecule has 9 heteroatoms. The number of hydrogen-bond acceptors (Lipinski definition) is 9. The molecule has 67 heavy (non-hydrogen) atoms. The first-order valence-electron chi connectivity index (χ1n) is 25.6. The molecule has 6 aliphatic rings. The summed E-state index contributed by atoms with van der Waals surface area (Å²) in [5, 5.41) is 0. The van der Waals surface area contributed by atoms with Crippen LogP contribution in [0.2, 0.25) is 0 Å². The van der Waals surface area contributed by atoms with Gasteiger partial charge in [-0.25, -0.2) is 9.59 Å². The molecule has 0 radical (unpaired) electrons. The van der Waals surface area contributed by atoms with Gasteiger partial charge in [0.05, 0.1) is 30.7 Å². The quantitative estimate of drug-likeness (QED) is 0.127. The Bertz CT molecular complexity index is 2230. The summed E-state index contributed by atoms with van der Waals surface area (Å²) in [4.78, 5) is 52.0. The Labute approximate surface area is 402 Å². The van der Waals surface area contributed by atoms with Crippen LogP contribution in [-0.4, -0.2) is 62.0 Å². The van der Waals surface area contributed by atoms with Crippen LogP contribution in [0.25, 0.3) is 0 Å². The van der Waals surface area contributed by atoms with Crippen molar-refractivity contribution in [1.29, 1.82) is 0 Å². The third-order valence-electron chi connectivity index (χ3n) is 20.1. The highest BCUT2D eigenvalue weighted by molar-refractivity contribution is 5.94. The van der Waals surface area contributed by atoms with E-state index in [1.807, 2.05) is 41.5 Å². The summed E-state index contributed by atoms with van der Waals surface area (Å²) in [5.41, 5.74) is 3.22. The van der Waals surface area contributed by atoms with Crippen molar-refractivity contribution in [2.45, 2.75) is 196 Å². The zero-order valence-electron chi connectivity index (χ0n) is 44.4. The van der Waals surface area contributed by atoms with Gasteiger partial charge in [0.1, 0.15) is 0 Å². The minimum atomic E-state index is -1.18. The fourth-order valence-corrected chi connectivity index (χ4v) is 13.3. The van der Waals surface area contributed by atoms with Gasteiger partial charge < -0.3 is 23.7 Å². The summed E-state index contributed by atoms with van der Waals surface area (Å²) in [6.07, 6.45) is 3.45. The molecule has 2 aromatic carbocycles. The van der Waals surface area contributed by atoms with E-state index in [4.69, 9.17) is 23.7 Å². The van der Waals surface area contributed by atoms with Crippen molar-refractivity contribution in [1.82, 2.24) is 0 Å². The predicted molar refractivity (Wildman–Crippen MR) is 262 cm³/mol. The molecule has 370 valence electrons. The lowest BCUT2D eigenvalue weighted by Gasteiger charge is -2.34. The van der Waals surface area contributed by atoms with Crippen LogP contribution in [0.1, 0.15) is 207 Å². The number of benzene rings is 2. The van der Waals surface area contributed by atoms with Crippen molar-refractivity contribution in [3.63, 3.8) is 0 Å². The number of fused-ring (bicyclic) bond motifs is 4. The fraction of sp³-hybridized carbons (Fsp3) is 0.724. The van der Waals surface area contributed by atoms with Crippen LogP contribution in [-0.2, 0) is 53.7 Å². The molecule has 4 saturated carbocycles. The summed E-state index contributed by atoms with van der Waals surface area (Å²) in [6, 6.07) is 14.0. The lowest BCUT2D eigenvalue weighted by atomic mass is 9.66. The Balaban J connectivity index is 0.000000199. The Kier molecular flexibility index (Phi) is 13.0. The van der Waals surface area contributed by atoms with Gasteiger partial charge in [0.2, 0.25) is 11.2 Å². The number of carbonyl (C=O) groups is 4. The number of methoxy groups -OCH3 is 1. The summed E-state index contributed by atoms with van der Waals surface area (Å²) in [7, 11) is 1.73. The number of hydrogen-bond donors (Lipinski definition) is 0. The third-order valence-corrected chi connectivity index (χ3v) is 20.1. The number of ether oxygens (including phenoxy) is 5. The van der Waals surface area contributed by atoms with Gasteiger partial charge in [0.15, 0.2) is 0 Å². The molecule has 4 bridgehead atoms. The summed E-state index contributed by atoms with van der Waals surface area (Å²) in [5.74, 6) is 1.69. The lowest BCUT2D eigenvalue weighted by molar-refractivity contribution is -0.183. The van der Waals surface area contributed by atoms with Crippen molar-refractivity contribution < 1.29 is 42.9 Å². The maximum absolute atomic E-state index is 13.4. The smallest absolute Gasteiger partial charge is 0.351 e. The summed E-state index contributed by atoms with van der Waals surface area (Å²) in [6.45, 7) is 37.7. The van der Waals surface area contributed by atoms with E-state index in [1.165, 1.54) is 33.4 Å². The standard InChI is InChI=1S/C29H42O5.C29H42O4/c1-17(2)19-12-20(18(3)4)14-21(13-19)28(8)22(15-32-9)23(28)16-33-25(31)29-11-10-27(7,24(30)34-29)26(29,5)6;1-10-22-23(28(22,9)21-14-19(17(2)3)13-20(15-21)18(4)5)16-32-25(31)29-12-11-27(8,24(30)33-29)26(29,6)7/h12-14,17-18,22-23H,10-11,15-16H2,1-9H3;13-15,17-18,22-23H,10-12,16H2,1-9H3/t22-,23-,27?,28+,29?;22-,23+,27?,28-,29?/m11/s1. The van der Waals surface area contributed by atoms with Crippen molar-refractivity contribution in [2.24, 2.45) is 45.3 Å². The van der Waals surface area contributed by atoms with Gasteiger partial charge in [0.25, 0.3) is 0 Å². The maximum Gasteiger partial charge on any atom is 0.351 e. The van der Waals surface area contributed by atoms with Crippen molar-refractivity contribution in [2.75, 3.05) is 26.9 Å². The van der Waals surface area contributed by atoms with Crippen LogP contribution in [0.15, 0.2) is 36.4 Å². The van der Waals surface area contributed by atoms with E-state index in [0.717, 1.165) is 6.42 Å². The van der Waals surface area contributed by atoms with Crippen LogP contribution >= 0.6 is 0 Å². The average molecular weight is 925 g/mol. The van der Waals surface area contributed by atoms with Gasteiger partial charge in [-0.2, -0.15) is 0 Å². The second kappa shape index (κ2) is 17.0. The topological polar surface area (TPSA) is 114 Å². The number of esters is 4. The first-order chi connectivity index (χ1) is 31.0. The van der Waals surface area contributed by atoms with Crippen molar-refractivity contribution in [3.8, 4) is 0 Å². The fourth-order valence-electron chi connectivity index (χ4n) is 13.3. The molecule has 8 rings (SSSR count). The van der Waals surface area contributed by atoms with Gasteiger partial charge in [-0.05, 0) is 108 Å². The molecule has 6 fully saturated rings. The van der Waals surface area contributed by atoms with E-state index < -0.39 is 38.8 Å². The highest BCUT2D eigenvalue weighted by Crippen LogP contribution is 2.68. The van der Waals surface area contributed by atoms with E-state index in [2.05, 4.69) is 113 Å². The predicted octanol–water partition coefficient (Wildman–Crippen LogP) is 12.3. The molecule has 0 amide bonds. The van der Waals surface area contributed by atoms with E-state index in [1.54, 1.807) is 7.11 Å². The Morgan fingerprint density at radius 2 is 0.836 bits per heavy atom. The number of rotatable bonds is 15. The molecular weight excluding hydrogens is 841 g/mol. The van der Waals surface area contributed by atoms with Crippen LogP contribution in [0.4, 0.5) is 0 Å². The van der Waals surface area contributed by atoms with E-state index in [-0.39, 0.29) is 46.5 Å². The molecule has 4 unspecified atom stereocenters. The largest absolute Gasteiger partial charge is 0.462 e. The zero-order valence-corrected chi connectivity index (χ0v) is 44.4. The van der Waals surface area contributed by atoms with Crippen molar-refractivity contribution >= 4 is 23.9 Å². The van der Waals surface area contributed by atoms with Crippen LogP contribution in [0.5, 0.6) is 0 Å². The third kappa shape index (κ3) is 7.37. The van der Waals surface area contributed by atoms with Crippen LogP contribution in [0.3, 0.4) is 0 Å². The molecule has 2 saturated heterocycles. The molecule has 9 nitrogen and oxygen atoms in total. The van der Waals surface area contributed by atoms with E-state index in [9.17, 15) is 19.2 Å². The second-order valence-corrected chi connectivity index (χ2v) is 24.8. The average Bonchev–Trinajstić information content (AvgIpc) is 3.96. The van der Waals surface area contributed by atoms with Crippen LogP contribution < -0.4 is 0 Å². The molecule has 0 N–H and O–H groups in total. The molecule has 2 heterocycles. The molecule has 2 aliphatic heterocycles. The Morgan fingerprint density at radius 1 is 0.522 bits per heavy atom. The molecular formula is C58H84O9. The van der Waals surface area contributed by atoms with E-state index >= 15 is 0 Å². The minimum Gasteiger partial charge on any atom is -0.462 e. The highest BCUT2D eigenvalue weighted by Gasteiger charge is 2.78. The second-order valence-electron chi connectivity index (χ2n) is 24.8. The number of carbonyl (C=O) groups excluding carboxylic acids is 4. The van der Waals surface area contributed by atoms with Crippen LogP contribution in [0, 0.1) is 45.3 Å². The monoisotopic (exact) mass is 925 g/mol. The highest BCUT2D eigenvalue weighted by atomic mass is 16.6. The first-order valence-corrected chi connectivity index (χ1v) is 25.6. The first kappa shape index (κ1) is 51.1. The normalized spacial score (nSPS) is 36.0. The summed E-state index contributed by atoms with van der Waals surface area (Å²) < 4.78 is 29.0. The van der Waals surface area contributed by atoms with Crippen molar-refractivity contribution in [3.05, 3.63) is 69.8 Å². The van der Waals surface area contributed by atoms with Gasteiger partial charge in [0, 0.05) is 40.6 Å². The zero-order chi connectivity index (χ0) is 49.8. The van der Waals surface area contributed by atoms with Gasteiger partial charge in [-0.3, -0.25) is 9.59 Å². The lowest BCUT2D eigenvalue weighted by Crippen LogP contribution is -2.49. The minimum absolute atomic E-state index is 0.00665. The van der Waals surface area contributed by atoms with Gasteiger partial charge in [-0.1, -0.05) is 147 Å². The maximum atomic E-state index is 13.4. The Hall–Kier alpha value is -3.72. The SMILES string of the molecule is CC[C@@H]1[C@H](COC(=O)C23CCC(C)(C(=O)O2)C3(C)C)[C@]1(C)c1cc(C(C)C)cc(C(C)C)c1.COC[C@@H]1[C@@H](COC(=O)C23CCC(C)(C(=O)O2)C3(C)C)[C@@]1(C)c1cc(C(C)C)cc(C(C)C)c1. The Morgan fingerprint density at radius 3 is 1.10 bits per heavy atom. The molecule has 2 aromatic rings.